The van der Waals surface area contributed by atoms with Gasteiger partial charge in [-0.05, 0) is 55.7 Å². The predicted molar refractivity (Wildman–Crippen MR) is 134 cm³/mol. The van der Waals surface area contributed by atoms with Crippen molar-refractivity contribution in [1.82, 2.24) is 4.90 Å². The number of carbonyl (C=O) groups excluding carboxylic acids is 3. The summed E-state index contributed by atoms with van der Waals surface area (Å²) in [5, 5.41) is 15.4. The van der Waals surface area contributed by atoms with Crippen LogP contribution in [0.15, 0.2) is 54.6 Å². The first-order chi connectivity index (χ1) is 17.0. The number of benzene rings is 2. The van der Waals surface area contributed by atoms with Crippen molar-refractivity contribution in [2.24, 2.45) is 11.8 Å². The molecular weight excluding hydrogens is 466 g/mol. The Morgan fingerprint density at radius 3 is 2.46 bits per heavy atom. The first kappa shape index (κ1) is 23.7. The fourth-order valence-electron chi connectivity index (χ4n) is 5.87. The lowest BCUT2D eigenvalue weighted by atomic mass is 9.70. The van der Waals surface area contributed by atoms with E-state index in [0.29, 0.717) is 30.0 Å². The maximum atomic E-state index is 13.8. The Morgan fingerprint density at radius 1 is 1.09 bits per heavy atom. The van der Waals surface area contributed by atoms with Crippen molar-refractivity contribution >= 4 is 40.9 Å². The number of amides is 3. The zero-order valence-electron chi connectivity index (χ0n) is 19.5. The summed E-state index contributed by atoms with van der Waals surface area (Å²) in [7, 11) is 1.58. The summed E-state index contributed by atoms with van der Waals surface area (Å²) >= 11 is 1.62. The molecule has 0 aliphatic carbocycles. The molecule has 184 valence electrons. The van der Waals surface area contributed by atoms with Gasteiger partial charge in [0.15, 0.2) is 0 Å². The summed E-state index contributed by atoms with van der Waals surface area (Å²) in [6.45, 7) is 0.189. The van der Waals surface area contributed by atoms with Gasteiger partial charge in [-0.3, -0.25) is 14.4 Å². The Morgan fingerprint density at radius 2 is 1.77 bits per heavy atom. The van der Waals surface area contributed by atoms with Crippen LogP contribution in [0.25, 0.3) is 0 Å². The number of aliphatic hydroxyl groups excluding tert-OH is 1. The van der Waals surface area contributed by atoms with Gasteiger partial charge in [0, 0.05) is 29.8 Å². The van der Waals surface area contributed by atoms with Crippen LogP contribution >= 0.6 is 11.8 Å². The van der Waals surface area contributed by atoms with Gasteiger partial charge in [0.2, 0.25) is 17.7 Å². The molecule has 3 N–H and O–H groups in total. The van der Waals surface area contributed by atoms with Crippen molar-refractivity contribution in [2.75, 3.05) is 30.9 Å². The van der Waals surface area contributed by atoms with Crippen LogP contribution < -0.4 is 15.4 Å². The van der Waals surface area contributed by atoms with Crippen LogP contribution in [0.2, 0.25) is 0 Å². The molecular formula is C26H29N3O5S. The fourth-order valence-corrected chi connectivity index (χ4v) is 8.09. The highest BCUT2D eigenvalue weighted by atomic mass is 32.2. The van der Waals surface area contributed by atoms with Gasteiger partial charge in [0.25, 0.3) is 0 Å². The van der Waals surface area contributed by atoms with Crippen molar-refractivity contribution < 1.29 is 24.2 Å². The van der Waals surface area contributed by atoms with Crippen LogP contribution in [0.1, 0.15) is 19.3 Å². The lowest BCUT2D eigenvalue weighted by Crippen LogP contribution is -2.51. The molecule has 5 rings (SSSR count). The number of anilines is 2. The molecule has 3 saturated heterocycles. The third-order valence-corrected chi connectivity index (χ3v) is 9.26. The summed E-state index contributed by atoms with van der Waals surface area (Å²) in [6, 6.07) is 15.6. The SMILES string of the molecule is COc1ccc(NC(=O)C2N(CCCO)C(=O)[C@@H]3[C@@H](C(=O)Nc4ccccc4)[C@H]4CCC23S4)cc1. The average Bonchev–Trinajstić information content (AvgIpc) is 3.51. The van der Waals surface area contributed by atoms with E-state index in [4.69, 9.17) is 4.74 Å². The largest absolute Gasteiger partial charge is 0.497 e. The quantitative estimate of drug-likeness (QED) is 0.520. The Hall–Kier alpha value is -3.04. The molecule has 35 heavy (non-hydrogen) atoms. The van der Waals surface area contributed by atoms with E-state index in [1.807, 2.05) is 30.3 Å². The van der Waals surface area contributed by atoms with Crippen molar-refractivity contribution in [3.05, 3.63) is 54.6 Å². The smallest absolute Gasteiger partial charge is 0.248 e. The normalized spacial score (nSPS) is 28.6. The summed E-state index contributed by atoms with van der Waals surface area (Å²) in [6.07, 6.45) is 1.85. The number of ether oxygens (including phenoxy) is 1. The highest BCUT2D eigenvalue weighted by Gasteiger charge is 2.73. The molecule has 3 heterocycles. The minimum absolute atomic E-state index is 0.0102. The van der Waals surface area contributed by atoms with Gasteiger partial charge >= 0.3 is 0 Å². The maximum absolute atomic E-state index is 13.8. The highest BCUT2D eigenvalue weighted by molar-refractivity contribution is 8.02. The molecule has 2 aromatic rings. The second-order valence-electron chi connectivity index (χ2n) is 9.24. The molecule has 8 nitrogen and oxygen atoms in total. The van der Waals surface area contributed by atoms with Gasteiger partial charge in [0.05, 0.1) is 23.7 Å². The predicted octanol–water partition coefficient (Wildman–Crippen LogP) is 2.75. The number of nitrogens with zero attached hydrogens (tertiary/aromatic N) is 1. The second kappa shape index (κ2) is 9.54. The molecule has 2 bridgehead atoms. The summed E-state index contributed by atoms with van der Waals surface area (Å²) in [4.78, 5) is 42.4. The lowest BCUT2D eigenvalue weighted by Gasteiger charge is -2.34. The number of fused-ring (bicyclic) bond motifs is 1. The van der Waals surface area contributed by atoms with Crippen LogP contribution in [0.5, 0.6) is 5.75 Å². The number of hydrogen-bond acceptors (Lipinski definition) is 6. The van der Waals surface area contributed by atoms with Crippen LogP contribution in [0.3, 0.4) is 0 Å². The molecule has 5 atom stereocenters. The Balaban J connectivity index is 1.43. The maximum Gasteiger partial charge on any atom is 0.248 e. The molecule has 1 spiro atoms. The number of rotatable bonds is 8. The van der Waals surface area contributed by atoms with E-state index in [0.717, 1.165) is 6.42 Å². The van der Waals surface area contributed by atoms with Crippen molar-refractivity contribution in [3.63, 3.8) is 0 Å². The van der Waals surface area contributed by atoms with Crippen LogP contribution in [-0.4, -0.2) is 64.0 Å². The second-order valence-corrected chi connectivity index (χ2v) is 10.8. The molecule has 3 aliphatic heterocycles. The Labute approximate surface area is 208 Å². The topological polar surface area (TPSA) is 108 Å². The molecule has 3 amide bonds. The molecule has 2 aromatic carbocycles. The van der Waals surface area contributed by atoms with E-state index in [1.54, 1.807) is 48.0 Å². The van der Waals surface area contributed by atoms with Crippen LogP contribution in [0.4, 0.5) is 11.4 Å². The molecule has 3 fully saturated rings. The number of nitrogens with one attached hydrogen (secondary N) is 2. The van der Waals surface area contributed by atoms with E-state index >= 15 is 0 Å². The monoisotopic (exact) mass is 495 g/mol. The van der Waals surface area contributed by atoms with E-state index in [-0.39, 0.29) is 36.1 Å². The first-order valence-corrected chi connectivity index (χ1v) is 12.8. The molecule has 0 aromatic heterocycles. The zero-order chi connectivity index (χ0) is 24.6. The van der Waals surface area contributed by atoms with Gasteiger partial charge in [-0.2, -0.15) is 0 Å². The van der Waals surface area contributed by atoms with Gasteiger partial charge < -0.3 is 25.4 Å². The number of aliphatic hydroxyl groups is 1. The van der Waals surface area contributed by atoms with E-state index in [9.17, 15) is 19.5 Å². The Kier molecular flexibility index (Phi) is 6.46. The van der Waals surface area contributed by atoms with Gasteiger partial charge in [-0.25, -0.2) is 0 Å². The number of thioether (sulfide) groups is 1. The number of hydrogen-bond donors (Lipinski definition) is 3. The average molecular weight is 496 g/mol. The summed E-state index contributed by atoms with van der Waals surface area (Å²) < 4.78 is 4.53. The van der Waals surface area contributed by atoms with Crippen molar-refractivity contribution in [3.8, 4) is 5.75 Å². The number of carbonyl (C=O) groups is 3. The van der Waals surface area contributed by atoms with Gasteiger partial charge in [-0.15, -0.1) is 11.8 Å². The number of para-hydroxylation sites is 1. The minimum atomic E-state index is -0.710. The van der Waals surface area contributed by atoms with E-state index in [1.165, 1.54) is 0 Å². The molecule has 0 radical (unpaired) electrons. The van der Waals surface area contributed by atoms with Crippen molar-refractivity contribution in [2.45, 2.75) is 35.3 Å². The summed E-state index contributed by atoms with van der Waals surface area (Å²) in [5.41, 5.74) is 1.30. The van der Waals surface area contributed by atoms with Crippen LogP contribution in [-0.2, 0) is 14.4 Å². The lowest BCUT2D eigenvalue weighted by molar-refractivity contribution is -0.138. The molecule has 3 aliphatic rings. The minimum Gasteiger partial charge on any atom is -0.497 e. The van der Waals surface area contributed by atoms with Gasteiger partial charge in [0.1, 0.15) is 11.8 Å². The van der Waals surface area contributed by atoms with E-state index in [2.05, 4.69) is 10.6 Å². The van der Waals surface area contributed by atoms with E-state index < -0.39 is 22.6 Å². The third kappa shape index (κ3) is 4.06. The third-order valence-electron chi connectivity index (χ3n) is 7.31. The molecule has 0 saturated carbocycles. The molecule has 9 heteroatoms. The zero-order valence-corrected chi connectivity index (χ0v) is 20.3. The summed E-state index contributed by atoms with van der Waals surface area (Å²) in [5.74, 6) is -0.999. The highest BCUT2D eigenvalue weighted by Crippen LogP contribution is 2.66. The first-order valence-electron chi connectivity index (χ1n) is 11.9. The van der Waals surface area contributed by atoms with Crippen molar-refractivity contribution in [1.29, 1.82) is 0 Å². The number of likely N-dealkylation sites (tertiary alicyclic amines) is 1. The van der Waals surface area contributed by atoms with Crippen LogP contribution in [0, 0.1) is 11.8 Å². The standard InChI is InChI=1S/C26H29N3O5S/c1-34-18-10-8-17(9-11-18)28-24(32)22-26-13-12-19(35-26)20(21(26)25(33)29(22)14-5-15-30)23(31)27-16-6-3-2-4-7-16/h2-4,6-11,19-22,30H,5,12-15H2,1H3,(H,27,31)(H,28,32)/t19-,20+,21+,22?,26?/m1/s1. The number of methoxy groups -OCH3 is 1. The Bertz CT molecular complexity index is 1110. The molecule has 2 unspecified atom stereocenters. The fraction of sp³-hybridized carbons (Fsp3) is 0.423. The van der Waals surface area contributed by atoms with Gasteiger partial charge in [-0.1, -0.05) is 18.2 Å².